The highest BCUT2D eigenvalue weighted by molar-refractivity contribution is 5.85. The molecule has 0 bridgehead atoms. The van der Waals surface area contributed by atoms with E-state index in [-0.39, 0.29) is 0 Å². The number of fused-ring (bicyclic) bond motifs is 2. The summed E-state index contributed by atoms with van der Waals surface area (Å²) in [5.41, 5.74) is 6.14. The van der Waals surface area contributed by atoms with Gasteiger partial charge < -0.3 is 4.74 Å². The van der Waals surface area contributed by atoms with E-state index in [0.717, 1.165) is 28.7 Å². The number of ether oxygens (including phenoxy) is 1. The van der Waals surface area contributed by atoms with Crippen molar-refractivity contribution in [3.8, 4) is 11.5 Å². The van der Waals surface area contributed by atoms with Crippen molar-refractivity contribution in [2.45, 2.75) is 39.5 Å². The number of hydrogen-bond donors (Lipinski definition) is 0. The summed E-state index contributed by atoms with van der Waals surface area (Å²) in [7, 11) is 0. The third-order valence-corrected chi connectivity index (χ3v) is 5.45. The molecule has 1 aliphatic heterocycles. The van der Waals surface area contributed by atoms with Gasteiger partial charge in [0.1, 0.15) is 11.5 Å². The molecule has 0 aromatic heterocycles. The second-order valence-electron chi connectivity index (χ2n) is 7.32. The molecule has 0 saturated heterocycles. The second-order valence-corrected chi connectivity index (χ2v) is 7.32. The molecule has 0 unspecified atom stereocenters. The lowest BCUT2D eigenvalue weighted by Crippen LogP contribution is -2.25. The minimum atomic E-state index is 0.934. The third-order valence-electron chi connectivity index (χ3n) is 5.45. The molecule has 0 fully saturated rings. The number of hydrogen-bond acceptors (Lipinski definition) is 1. The third kappa shape index (κ3) is 3.19. The molecule has 0 N–H and O–H groups in total. The van der Waals surface area contributed by atoms with E-state index in [1.807, 2.05) is 6.07 Å². The quantitative estimate of drug-likeness (QED) is 0.431. The highest BCUT2D eigenvalue weighted by Gasteiger charge is 2.22. The van der Waals surface area contributed by atoms with Gasteiger partial charge in [0, 0.05) is 21.9 Å². The lowest BCUT2D eigenvalue weighted by atomic mass is 9.89. The summed E-state index contributed by atoms with van der Waals surface area (Å²) >= 11 is 0. The molecule has 27 heavy (non-hydrogen) atoms. The number of unbranched alkanes of at least 4 members (excludes halogenated alkanes) is 2. The summed E-state index contributed by atoms with van der Waals surface area (Å²) in [6, 6.07) is 21.2. The first-order chi connectivity index (χ1) is 13.2. The van der Waals surface area contributed by atoms with Crippen LogP contribution in [0.1, 0.15) is 48.4 Å². The average Bonchev–Trinajstić information content (AvgIpc) is 2.70. The molecular weight excluding hydrogens is 328 g/mol. The number of rotatable bonds is 5. The molecule has 0 spiro atoms. The fraction of sp³-hybridized carbons (Fsp3) is 0.231. The fourth-order valence-electron chi connectivity index (χ4n) is 3.96. The Morgan fingerprint density at radius 1 is 0.926 bits per heavy atom. The van der Waals surface area contributed by atoms with Crippen molar-refractivity contribution >= 4 is 12.2 Å². The van der Waals surface area contributed by atoms with Gasteiger partial charge in [-0.05, 0) is 48.2 Å². The number of benzene rings is 3. The Hall–Kier alpha value is -2.80. The van der Waals surface area contributed by atoms with Gasteiger partial charge in [-0.15, -0.1) is 0 Å². The van der Waals surface area contributed by atoms with E-state index in [0.29, 0.717) is 0 Å². The highest BCUT2D eigenvalue weighted by atomic mass is 16.5. The van der Waals surface area contributed by atoms with Crippen molar-refractivity contribution in [2.24, 2.45) is 0 Å². The lowest BCUT2D eigenvalue weighted by Gasteiger charge is -2.24. The summed E-state index contributed by atoms with van der Waals surface area (Å²) < 4.78 is 6.47. The van der Waals surface area contributed by atoms with E-state index in [1.54, 1.807) is 0 Å². The molecule has 1 aliphatic rings. The van der Waals surface area contributed by atoms with Crippen LogP contribution in [0.4, 0.5) is 0 Å². The molecule has 3 aromatic carbocycles. The minimum Gasteiger partial charge on any atom is -0.456 e. The predicted octanol–water partition coefficient (Wildman–Crippen LogP) is 5.49. The van der Waals surface area contributed by atoms with Crippen LogP contribution in [0.15, 0.2) is 60.7 Å². The molecule has 3 aromatic rings. The topological polar surface area (TPSA) is 9.23 Å². The van der Waals surface area contributed by atoms with Crippen molar-refractivity contribution in [1.82, 2.24) is 0 Å². The largest absolute Gasteiger partial charge is 0.456 e. The Labute approximate surface area is 161 Å². The van der Waals surface area contributed by atoms with Crippen molar-refractivity contribution in [1.29, 1.82) is 0 Å². The Morgan fingerprint density at radius 2 is 1.67 bits per heavy atom. The molecule has 0 aliphatic carbocycles. The predicted molar refractivity (Wildman–Crippen MR) is 114 cm³/mol. The van der Waals surface area contributed by atoms with Gasteiger partial charge in [-0.1, -0.05) is 74.9 Å². The summed E-state index contributed by atoms with van der Waals surface area (Å²) in [5.74, 6) is 1.93. The summed E-state index contributed by atoms with van der Waals surface area (Å²) in [6.07, 6.45) is 4.63. The highest BCUT2D eigenvalue weighted by Crippen LogP contribution is 2.37. The van der Waals surface area contributed by atoms with Crippen LogP contribution in [-0.2, 0) is 6.42 Å². The summed E-state index contributed by atoms with van der Waals surface area (Å²) in [5, 5.41) is 2.31. The van der Waals surface area contributed by atoms with Crippen molar-refractivity contribution < 1.29 is 4.74 Å². The molecule has 0 amide bonds. The maximum atomic E-state index is 6.47. The first-order valence-electron chi connectivity index (χ1n) is 9.89. The van der Waals surface area contributed by atoms with E-state index in [1.165, 1.54) is 46.7 Å². The van der Waals surface area contributed by atoms with Gasteiger partial charge in [0.25, 0.3) is 0 Å². The van der Waals surface area contributed by atoms with Crippen LogP contribution in [0.5, 0.6) is 11.5 Å². The van der Waals surface area contributed by atoms with Crippen molar-refractivity contribution in [2.75, 3.05) is 0 Å². The van der Waals surface area contributed by atoms with Crippen LogP contribution in [0.2, 0.25) is 0 Å². The lowest BCUT2D eigenvalue weighted by molar-refractivity contribution is 0.463. The van der Waals surface area contributed by atoms with E-state index >= 15 is 0 Å². The zero-order chi connectivity index (χ0) is 18.8. The number of aryl methyl sites for hydroxylation is 1. The first kappa shape index (κ1) is 17.6. The van der Waals surface area contributed by atoms with Crippen LogP contribution < -0.4 is 15.2 Å². The molecule has 0 radical (unpaired) electrons. The first-order valence-corrected chi connectivity index (χ1v) is 9.89. The van der Waals surface area contributed by atoms with Gasteiger partial charge in [-0.25, -0.2) is 0 Å². The van der Waals surface area contributed by atoms with Gasteiger partial charge in [0.05, 0.1) is 0 Å². The second kappa shape index (κ2) is 7.44. The average molecular weight is 354 g/mol. The maximum absolute atomic E-state index is 6.47. The molecule has 1 nitrogen and oxygen atoms in total. The Bertz CT molecular complexity index is 1080. The zero-order valence-corrected chi connectivity index (χ0v) is 16.2. The molecule has 136 valence electrons. The van der Waals surface area contributed by atoms with Crippen LogP contribution >= 0.6 is 0 Å². The Morgan fingerprint density at radius 3 is 2.44 bits per heavy atom. The van der Waals surface area contributed by atoms with Gasteiger partial charge in [0.15, 0.2) is 0 Å². The van der Waals surface area contributed by atoms with E-state index in [9.17, 15) is 0 Å². The van der Waals surface area contributed by atoms with Crippen LogP contribution in [0.25, 0.3) is 12.2 Å². The van der Waals surface area contributed by atoms with Gasteiger partial charge in [0.2, 0.25) is 0 Å². The van der Waals surface area contributed by atoms with Gasteiger partial charge >= 0.3 is 0 Å². The fourth-order valence-corrected chi connectivity index (χ4v) is 3.96. The maximum Gasteiger partial charge on any atom is 0.139 e. The van der Waals surface area contributed by atoms with Gasteiger partial charge in [-0.3, -0.25) is 0 Å². The SMILES string of the molecule is C=c1c(C)cc2c(c1CCCCC)Oc1ccccc1C=2c1ccccc1. The Balaban J connectivity index is 2.05. The molecule has 4 rings (SSSR count). The molecule has 1 heterocycles. The summed E-state index contributed by atoms with van der Waals surface area (Å²) in [4.78, 5) is 0. The zero-order valence-electron chi connectivity index (χ0n) is 16.2. The monoisotopic (exact) mass is 354 g/mol. The van der Waals surface area contributed by atoms with Gasteiger partial charge in [-0.2, -0.15) is 0 Å². The van der Waals surface area contributed by atoms with Crippen LogP contribution in [0.3, 0.4) is 0 Å². The Kier molecular flexibility index (Phi) is 4.85. The molecular formula is C26H26O. The van der Waals surface area contributed by atoms with Crippen molar-refractivity contribution in [3.05, 3.63) is 93.4 Å². The molecule has 0 atom stereocenters. The summed E-state index contributed by atoms with van der Waals surface area (Å²) in [6.45, 7) is 8.77. The van der Waals surface area contributed by atoms with E-state index in [4.69, 9.17) is 4.74 Å². The molecule has 1 heteroatoms. The van der Waals surface area contributed by atoms with Crippen LogP contribution in [0, 0.1) is 6.92 Å². The smallest absolute Gasteiger partial charge is 0.139 e. The van der Waals surface area contributed by atoms with E-state index < -0.39 is 0 Å². The molecule has 0 saturated carbocycles. The van der Waals surface area contributed by atoms with E-state index in [2.05, 4.69) is 75.0 Å². The normalized spacial score (nSPS) is 12.3. The standard InChI is InChI=1S/C26H26O/c1-4-5-7-14-21-19(3)18(2)17-23-25(20-12-8-6-9-13-20)22-15-10-11-16-24(22)27-26(21)23/h6,8-13,15-17H,3-5,7,14H2,1-2H3. The number of para-hydroxylation sites is 1. The van der Waals surface area contributed by atoms with Crippen molar-refractivity contribution in [3.63, 3.8) is 0 Å². The van der Waals surface area contributed by atoms with Crippen LogP contribution in [-0.4, -0.2) is 0 Å². The minimum absolute atomic E-state index is 0.934.